The van der Waals surface area contributed by atoms with Crippen LogP contribution in [0.2, 0.25) is 0 Å². The predicted octanol–water partition coefficient (Wildman–Crippen LogP) is 2.15. The van der Waals surface area contributed by atoms with Crippen LogP contribution in [0.4, 0.5) is 17.6 Å². The number of benzene rings is 1. The molecule has 1 aromatic carbocycles. The van der Waals surface area contributed by atoms with Gasteiger partial charge in [-0.1, -0.05) is 12.1 Å². The lowest BCUT2D eigenvalue weighted by Crippen LogP contribution is -2.39. The van der Waals surface area contributed by atoms with Crippen LogP contribution in [0, 0.1) is 5.82 Å². The van der Waals surface area contributed by atoms with Gasteiger partial charge in [0.1, 0.15) is 5.82 Å². The van der Waals surface area contributed by atoms with Crippen LogP contribution in [0.5, 0.6) is 0 Å². The standard InChI is InChI=1S/C12H14F4N2O/c1-8(9-3-2-4-10(13)5-9)18-11(19)6-17-7-12(14,15)16/h2-5,8,17H,6-7H2,1H3,(H,18,19)/t8-/m0/s1. The van der Waals surface area contributed by atoms with Crippen molar-refractivity contribution in [2.75, 3.05) is 13.1 Å². The summed E-state index contributed by atoms with van der Waals surface area (Å²) in [5, 5.41) is 4.46. The van der Waals surface area contributed by atoms with Crippen LogP contribution in [0.15, 0.2) is 24.3 Å². The highest BCUT2D eigenvalue weighted by molar-refractivity contribution is 5.78. The number of amides is 1. The normalized spacial score (nSPS) is 13.1. The fraction of sp³-hybridized carbons (Fsp3) is 0.417. The van der Waals surface area contributed by atoms with Crippen molar-refractivity contribution in [2.45, 2.75) is 19.1 Å². The Morgan fingerprint density at radius 1 is 1.37 bits per heavy atom. The van der Waals surface area contributed by atoms with Gasteiger partial charge in [-0.15, -0.1) is 0 Å². The van der Waals surface area contributed by atoms with E-state index in [2.05, 4.69) is 5.32 Å². The van der Waals surface area contributed by atoms with Crippen molar-refractivity contribution in [2.24, 2.45) is 0 Å². The van der Waals surface area contributed by atoms with Crippen LogP contribution in [-0.2, 0) is 4.79 Å². The van der Waals surface area contributed by atoms with E-state index in [1.807, 2.05) is 5.32 Å². The third-order valence-electron chi connectivity index (χ3n) is 2.34. The largest absolute Gasteiger partial charge is 0.401 e. The molecule has 0 fully saturated rings. The zero-order valence-corrected chi connectivity index (χ0v) is 10.2. The van der Waals surface area contributed by atoms with Crippen molar-refractivity contribution in [3.05, 3.63) is 35.6 Å². The summed E-state index contributed by atoms with van der Waals surface area (Å²) in [6, 6.07) is 5.17. The molecule has 0 radical (unpaired) electrons. The molecule has 3 nitrogen and oxygen atoms in total. The van der Waals surface area contributed by atoms with E-state index < -0.39 is 37.0 Å². The van der Waals surface area contributed by atoms with Gasteiger partial charge in [0.2, 0.25) is 5.91 Å². The second-order valence-corrected chi connectivity index (χ2v) is 4.06. The van der Waals surface area contributed by atoms with Gasteiger partial charge < -0.3 is 10.6 Å². The average molecular weight is 278 g/mol. The van der Waals surface area contributed by atoms with E-state index in [9.17, 15) is 22.4 Å². The van der Waals surface area contributed by atoms with Gasteiger partial charge >= 0.3 is 6.18 Å². The van der Waals surface area contributed by atoms with Gasteiger partial charge in [-0.3, -0.25) is 4.79 Å². The molecule has 0 aliphatic rings. The molecule has 1 aromatic rings. The maximum atomic E-state index is 12.9. The topological polar surface area (TPSA) is 41.1 Å². The first-order valence-electron chi connectivity index (χ1n) is 5.60. The lowest BCUT2D eigenvalue weighted by atomic mass is 10.1. The molecule has 0 heterocycles. The number of halogens is 4. The summed E-state index contributed by atoms with van der Waals surface area (Å²) >= 11 is 0. The highest BCUT2D eigenvalue weighted by Crippen LogP contribution is 2.13. The summed E-state index contributed by atoms with van der Waals surface area (Å²) < 4.78 is 48.5. The van der Waals surface area contributed by atoms with Gasteiger partial charge in [0, 0.05) is 0 Å². The fourth-order valence-corrected chi connectivity index (χ4v) is 1.47. The second kappa shape index (κ2) is 6.51. The van der Waals surface area contributed by atoms with E-state index in [0.717, 1.165) is 0 Å². The molecular formula is C12H14F4N2O. The monoisotopic (exact) mass is 278 g/mol. The molecule has 0 unspecified atom stereocenters. The van der Waals surface area contributed by atoms with Gasteiger partial charge in [0.05, 0.1) is 19.1 Å². The molecule has 2 N–H and O–H groups in total. The maximum absolute atomic E-state index is 12.9. The molecule has 1 atom stereocenters. The zero-order chi connectivity index (χ0) is 14.5. The minimum Gasteiger partial charge on any atom is -0.348 e. The Balaban J connectivity index is 2.40. The summed E-state index contributed by atoms with van der Waals surface area (Å²) in [5.74, 6) is -1.02. The molecule has 0 spiro atoms. The quantitative estimate of drug-likeness (QED) is 0.810. The van der Waals surface area contributed by atoms with Crippen molar-refractivity contribution >= 4 is 5.91 Å². The Kier molecular flexibility index (Phi) is 5.29. The lowest BCUT2D eigenvalue weighted by molar-refractivity contribution is -0.128. The molecule has 106 valence electrons. The summed E-state index contributed by atoms with van der Waals surface area (Å²) in [4.78, 5) is 11.4. The molecule has 1 amide bonds. The van der Waals surface area contributed by atoms with Crippen LogP contribution < -0.4 is 10.6 Å². The van der Waals surface area contributed by atoms with E-state index in [0.29, 0.717) is 5.56 Å². The Morgan fingerprint density at radius 2 is 2.05 bits per heavy atom. The number of hydrogen-bond donors (Lipinski definition) is 2. The molecular weight excluding hydrogens is 264 g/mol. The lowest BCUT2D eigenvalue weighted by Gasteiger charge is -2.15. The number of nitrogens with one attached hydrogen (secondary N) is 2. The molecule has 19 heavy (non-hydrogen) atoms. The molecule has 1 rings (SSSR count). The molecule has 7 heteroatoms. The minimum atomic E-state index is -4.35. The minimum absolute atomic E-state index is 0.436. The Bertz CT molecular complexity index is 434. The summed E-state index contributed by atoms with van der Waals surface area (Å²) in [6.45, 7) is -0.0512. The van der Waals surface area contributed by atoms with E-state index in [-0.39, 0.29) is 0 Å². The molecule has 0 aliphatic carbocycles. The summed E-state index contributed by atoms with van der Waals surface area (Å²) in [7, 11) is 0. The van der Waals surface area contributed by atoms with Gasteiger partial charge in [0.25, 0.3) is 0 Å². The number of rotatable bonds is 5. The Hall–Kier alpha value is -1.63. The molecule has 0 aliphatic heterocycles. The smallest absolute Gasteiger partial charge is 0.348 e. The Morgan fingerprint density at radius 3 is 2.63 bits per heavy atom. The number of hydrogen-bond acceptors (Lipinski definition) is 2. The van der Waals surface area contributed by atoms with Crippen LogP contribution in [-0.4, -0.2) is 25.2 Å². The maximum Gasteiger partial charge on any atom is 0.401 e. The van der Waals surface area contributed by atoms with Crippen molar-refractivity contribution < 1.29 is 22.4 Å². The first kappa shape index (κ1) is 15.4. The van der Waals surface area contributed by atoms with E-state index >= 15 is 0 Å². The van der Waals surface area contributed by atoms with E-state index in [1.54, 1.807) is 13.0 Å². The van der Waals surface area contributed by atoms with Crippen molar-refractivity contribution in [1.29, 1.82) is 0 Å². The van der Waals surface area contributed by atoms with Gasteiger partial charge in [0.15, 0.2) is 0 Å². The molecule has 0 saturated carbocycles. The Labute approximate surface area is 108 Å². The molecule has 0 bridgehead atoms. The highest BCUT2D eigenvalue weighted by Gasteiger charge is 2.26. The summed E-state index contributed by atoms with van der Waals surface area (Å²) in [6.07, 6.45) is -4.35. The van der Waals surface area contributed by atoms with Crippen molar-refractivity contribution in [1.82, 2.24) is 10.6 Å². The zero-order valence-electron chi connectivity index (χ0n) is 10.2. The van der Waals surface area contributed by atoms with Gasteiger partial charge in [-0.25, -0.2) is 4.39 Å². The SMILES string of the molecule is C[C@H](NC(=O)CNCC(F)(F)F)c1cccc(F)c1. The first-order chi connectivity index (χ1) is 8.78. The van der Waals surface area contributed by atoms with Crippen LogP contribution >= 0.6 is 0 Å². The van der Waals surface area contributed by atoms with E-state index in [1.165, 1.54) is 18.2 Å². The average Bonchev–Trinajstić information content (AvgIpc) is 2.27. The summed E-state index contributed by atoms with van der Waals surface area (Å²) in [5.41, 5.74) is 0.546. The highest BCUT2D eigenvalue weighted by atomic mass is 19.4. The van der Waals surface area contributed by atoms with Crippen molar-refractivity contribution in [3.8, 4) is 0 Å². The predicted molar refractivity (Wildman–Crippen MR) is 61.9 cm³/mol. The van der Waals surface area contributed by atoms with Gasteiger partial charge in [-0.05, 0) is 24.6 Å². The third-order valence-corrected chi connectivity index (χ3v) is 2.34. The number of carbonyl (C=O) groups excluding carboxylic acids is 1. The van der Waals surface area contributed by atoms with Crippen LogP contribution in [0.25, 0.3) is 0 Å². The fourth-order valence-electron chi connectivity index (χ4n) is 1.47. The van der Waals surface area contributed by atoms with Crippen LogP contribution in [0.1, 0.15) is 18.5 Å². The number of alkyl halides is 3. The number of carbonyl (C=O) groups is 1. The molecule has 0 saturated heterocycles. The first-order valence-corrected chi connectivity index (χ1v) is 5.60. The van der Waals surface area contributed by atoms with Gasteiger partial charge in [-0.2, -0.15) is 13.2 Å². The second-order valence-electron chi connectivity index (χ2n) is 4.06. The third kappa shape index (κ3) is 6.19. The van der Waals surface area contributed by atoms with Crippen LogP contribution in [0.3, 0.4) is 0 Å². The molecule has 0 aromatic heterocycles. The van der Waals surface area contributed by atoms with E-state index in [4.69, 9.17) is 0 Å². The van der Waals surface area contributed by atoms with Crippen molar-refractivity contribution in [3.63, 3.8) is 0 Å².